The number of nitrogens with two attached hydrogens (primary N) is 1. The molecule has 0 atom stereocenters. The molecule has 1 saturated carbocycles. The highest BCUT2D eigenvalue weighted by Crippen LogP contribution is 2.38. The van der Waals surface area contributed by atoms with E-state index >= 15 is 0 Å². The molecule has 5 rings (SSSR count). The van der Waals surface area contributed by atoms with Crippen LogP contribution >= 0.6 is 0 Å². The zero-order valence-corrected chi connectivity index (χ0v) is 16.0. The van der Waals surface area contributed by atoms with Crippen molar-refractivity contribution >= 4 is 28.2 Å². The van der Waals surface area contributed by atoms with Gasteiger partial charge in [-0.2, -0.15) is 10.4 Å². The Morgan fingerprint density at radius 3 is 2.83 bits per heavy atom. The van der Waals surface area contributed by atoms with E-state index in [0.29, 0.717) is 35.4 Å². The summed E-state index contributed by atoms with van der Waals surface area (Å²) in [6.45, 7) is 0. The van der Waals surface area contributed by atoms with E-state index in [-0.39, 0.29) is 11.8 Å². The molecule has 9 nitrogen and oxygen atoms in total. The van der Waals surface area contributed by atoms with Gasteiger partial charge in [0.25, 0.3) is 0 Å². The summed E-state index contributed by atoms with van der Waals surface area (Å²) in [5.41, 5.74) is 9.46. The van der Waals surface area contributed by atoms with Crippen molar-refractivity contribution in [2.24, 2.45) is 5.92 Å². The first-order chi connectivity index (χ1) is 14.6. The maximum absolute atomic E-state index is 11.3. The van der Waals surface area contributed by atoms with E-state index in [4.69, 9.17) is 10.7 Å². The molecule has 150 valence electrons. The highest BCUT2D eigenvalue weighted by molar-refractivity contribution is 5.93. The third-order valence-corrected chi connectivity index (χ3v) is 5.96. The molecular weight excluding hydrogens is 382 g/mol. The van der Waals surface area contributed by atoms with Gasteiger partial charge in [-0.05, 0) is 37.8 Å². The van der Waals surface area contributed by atoms with Crippen molar-refractivity contribution in [2.75, 3.05) is 5.73 Å². The molecule has 0 aliphatic heterocycles. The molecule has 4 aromatic rings. The Morgan fingerprint density at radius 2 is 2.10 bits per heavy atom. The summed E-state index contributed by atoms with van der Waals surface area (Å²) < 4.78 is 1.72. The summed E-state index contributed by atoms with van der Waals surface area (Å²) in [4.78, 5) is 23.6. The second-order valence-corrected chi connectivity index (χ2v) is 7.68. The molecule has 4 N–H and O–H groups in total. The van der Waals surface area contributed by atoms with Crippen molar-refractivity contribution in [1.29, 1.82) is 5.26 Å². The van der Waals surface area contributed by atoms with E-state index in [1.54, 1.807) is 10.6 Å². The molecule has 9 heteroatoms. The largest absolute Gasteiger partial charge is 0.481 e. The van der Waals surface area contributed by atoms with E-state index in [1.807, 2.05) is 18.2 Å². The van der Waals surface area contributed by atoms with Crippen molar-refractivity contribution < 1.29 is 9.90 Å². The molecule has 0 radical (unpaired) electrons. The van der Waals surface area contributed by atoms with Crippen LogP contribution in [0.3, 0.4) is 0 Å². The Bertz CT molecular complexity index is 1320. The fourth-order valence-corrected chi connectivity index (χ4v) is 4.40. The Kier molecular flexibility index (Phi) is 4.13. The number of hydrogen-bond acceptors (Lipinski definition) is 6. The van der Waals surface area contributed by atoms with Crippen molar-refractivity contribution in [1.82, 2.24) is 24.6 Å². The van der Waals surface area contributed by atoms with Gasteiger partial charge in [0.2, 0.25) is 0 Å². The van der Waals surface area contributed by atoms with Crippen LogP contribution in [0.25, 0.3) is 27.8 Å². The first-order valence-corrected chi connectivity index (χ1v) is 9.81. The maximum Gasteiger partial charge on any atom is 0.306 e. The first-order valence-electron chi connectivity index (χ1n) is 9.81. The summed E-state index contributed by atoms with van der Waals surface area (Å²) in [5, 5.41) is 24.0. The number of carboxylic acids is 1. The fourth-order valence-electron chi connectivity index (χ4n) is 4.40. The lowest BCUT2D eigenvalue weighted by molar-refractivity contribution is -0.142. The molecule has 1 aliphatic rings. The summed E-state index contributed by atoms with van der Waals surface area (Å²) in [5.74, 6) is 0.134. The van der Waals surface area contributed by atoms with E-state index in [9.17, 15) is 15.2 Å². The van der Waals surface area contributed by atoms with Gasteiger partial charge in [0.1, 0.15) is 29.4 Å². The lowest BCUT2D eigenvalue weighted by Gasteiger charge is -2.24. The highest BCUT2D eigenvalue weighted by atomic mass is 16.4. The Balaban J connectivity index is 1.64. The van der Waals surface area contributed by atoms with Gasteiger partial charge >= 0.3 is 5.97 Å². The molecule has 1 aromatic carbocycles. The summed E-state index contributed by atoms with van der Waals surface area (Å²) in [6, 6.07) is 9.68. The fraction of sp³-hybridized carbons (Fsp3) is 0.286. The van der Waals surface area contributed by atoms with Crippen LogP contribution in [-0.2, 0) is 4.79 Å². The maximum atomic E-state index is 11.3. The third kappa shape index (κ3) is 2.76. The van der Waals surface area contributed by atoms with Crippen LogP contribution in [-0.4, -0.2) is 35.6 Å². The minimum Gasteiger partial charge on any atom is -0.481 e. The number of imidazole rings is 1. The van der Waals surface area contributed by atoms with E-state index in [1.165, 1.54) is 6.33 Å². The second kappa shape index (κ2) is 6.84. The molecule has 3 aromatic heterocycles. The predicted molar refractivity (Wildman–Crippen MR) is 110 cm³/mol. The Labute approximate surface area is 171 Å². The number of H-pyrrole nitrogens is 1. The van der Waals surface area contributed by atoms with E-state index in [0.717, 1.165) is 35.3 Å². The molecule has 0 amide bonds. The number of benzene rings is 1. The first kappa shape index (κ1) is 18.1. The topological polar surface area (TPSA) is 146 Å². The number of nitriles is 1. The standard InChI is InChI=1S/C21H19N7O2/c22-9-14-3-1-2-13-8-15(26-16(13)14)17-18-19(23)24-10-25-28(18)20(27-17)11-4-6-12(7-5-11)21(29)30/h1-3,8,10-12,26H,4-7H2,(H,29,30)(H2,23,24,25)/t11-,12-. The minimum absolute atomic E-state index is 0.0928. The van der Waals surface area contributed by atoms with Gasteiger partial charge in [-0.15, -0.1) is 0 Å². The lowest BCUT2D eigenvalue weighted by Crippen LogP contribution is -2.21. The van der Waals surface area contributed by atoms with Crippen molar-refractivity contribution in [3.63, 3.8) is 0 Å². The van der Waals surface area contributed by atoms with Crippen molar-refractivity contribution in [2.45, 2.75) is 31.6 Å². The number of nitrogens with zero attached hydrogens (tertiary/aromatic N) is 5. The summed E-state index contributed by atoms with van der Waals surface area (Å²) in [7, 11) is 0. The van der Waals surface area contributed by atoms with Crippen LogP contribution in [0.2, 0.25) is 0 Å². The van der Waals surface area contributed by atoms with Crippen LogP contribution in [0.1, 0.15) is 43.0 Å². The number of aromatic nitrogens is 5. The summed E-state index contributed by atoms with van der Waals surface area (Å²) >= 11 is 0. The Hall–Kier alpha value is -3.93. The van der Waals surface area contributed by atoms with Gasteiger partial charge < -0.3 is 15.8 Å². The van der Waals surface area contributed by atoms with Crippen LogP contribution in [0.5, 0.6) is 0 Å². The summed E-state index contributed by atoms with van der Waals surface area (Å²) in [6.07, 6.45) is 4.08. The molecule has 0 bridgehead atoms. The molecule has 0 unspecified atom stereocenters. The molecule has 1 aliphatic carbocycles. The Morgan fingerprint density at radius 1 is 1.30 bits per heavy atom. The molecule has 1 fully saturated rings. The number of carboxylic acid groups (broad SMARTS) is 1. The lowest BCUT2D eigenvalue weighted by atomic mass is 9.82. The van der Waals surface area contributed by atoms with Crippen LogP contribution in [0, 0.1) is 17.2 Å². The van der Waals surface area contributed by atoms with Gasteiger partial charge in [0.05, 0.1) is 22.7 Å². The number of aliphatic carboxylic acids is 1. The number of rotatable bonds is 3. The number of carbonyl (C=O) groups is 1. The van der Waals surface area contributed by atoms with Crippen LogP contribution < -0.4 is 5.73 Å². The number of para-hydroxylation sites is 1. The zero-order chi connectivity index (χ0) is 20.8. The van der Waals surface area contributed by atoms with Gasteiger partial charge in [0, 0.05) is 11.3 Å². The SMILES string of the molecule is N#Cc1cccc2cc(-c3nc([C@H]4CC[C@H](C(=O)O)CC4)n4ncnc(N)c34)[nH]c12. The second-order valence-electron chi connectivity index (χ2n) is 7.68. The van der Waals surface area contributed by atoms with Gasteiger partial charge in [-0.1, -0.05) is 12.1 Å². The smallest absolute Gasteiger partial charge is 0.306 e. The van der Waals surface area contributed by atoms with Crippen molar-refractivity contribution in [3.8, 4) is 17.5 Å². The number of hydrogen-bond donors (Lipinski definition) is 3. The molecular formula is C21H19N7O2. The quantitative estimate of drug-likeness (QED) is 0.478. The number of anilines is 1. The van der Waals surface area contributed by atoms with Crippen LogP contribution in [0.15, 0.2) is 30.6 Å². The monoisotopic (exact) mass is 401 g/mol. The molecule has 3 heterocycles. The molecule has 30 heavy (non-hydrogen) atoms. The van der Waals surface area contributed by atoms with Gasteiger partial charge in [-0.25, -0.2) is 14.5 Å². The molecule has 0 saturated heterocycles. The number of nitrogens with one attached hydrogen (secondary N) is 1. The highest BCUT2D eigenvalue weighted by Gasteiger charge is 2.31. The van der Waals surface area contributed by atoms with Gasteiger partial charge in [-0.3, -0.25) is 4.79 Å². The van der Waals surface area contributed by atoms with Crippen molar-refractivity contribution in [3.05, 3.63) is 42.0 Å². The minimum atomic E-state index is -0.736. The zero-order valence-electron chi connectivity index (χ0n) is 16.0. The predicted octanol–water partition coefficient (Wildman–Crippen LogP) is 3.08. The van der Waals surface area contributed by atoms with Gasteiger partial charge in [0.15, 0.2) is 5.82 Å². The van der Waals surface area contributed by atoms with E-state index < -0.39 is 5.97 Å². The number of aromatic amines is 1. The molecule has 0 spiro atoms. The third-order valence-electron chi connectivity index (χ3n) is 5.96. The average Bonchev–Trinajstić information content (AvgIpc) is 3.36. The van der Waals surface area contributed by atoms with E-state index in [2.05, 4.69) is 21.1 Å². The van der Waals surface area contributed by atoms with Crippen LogP contribution in [0.4, 0.5) is 5.82 Å². The average molecular weight is 401 g/mol. The normalized spacial score (nSPS) is 19.2. The number of nitrogen functional groups attached to an aromatic ring is 1. The number of fused-ring (bicyclic) bond motifs is 2.